The van der Waals surface area contributed by atoms with E-state index in [2.05, 4.69) is 0 Å². The maximum atomic E-state index is 11.0. The Bertz CT molecular complexity index is 152. The van der Waals surface area contributed by atoms with Gasteiger partial charge in [-0.3, -0.25) is 0 Å². The van der Waals surface area contributed by atoms with E-state index in [1.807, 2.05) is 23.9 Å². The Balaban J connectivity index is 2.23. The number of hydrogen-bond donors (Lipinski definition) is 0. The summed E-state index contributed by atoms with van der Waals surface area (Å²) in [6.45, 7) is 0. The molecular weight excluding hydrogens is 116 g/mol. The summed E-state index contributed by atoms with van der Waals surface area (Å²) in [4.78, 5) is 14.6. The maximum absolute atomic E-state index is 11.0. The molecule has 2 fully saturated rings. The van der Waals surface area contributed by atoms with Crippen LogP contribution in [0.4, 0.5) is 4.79 Å². The Labute approximate surface area is 54.2 Å². The predicted octanol–water partition coefficient (Wildman–Crippen LogP) is 0.125. The highest BCUT2D eigenvalue weighted by atomic mass is 16.2. The summed E-state index contributed by atoms with van der Waals surface area (Å²) in [6.07, 6.45) is 1.18. The first-order valence-corrected chi connectivity index (χ1v) is 3.21. The second-order valence-electron chi connectivity index (χ2n) is 2.87. The SMILES string of the molecule is CN1C(=O)N(C)C2CC21. The topological polar surface area (TPSA) is 23.6 Å². The van der Waals surface area contributed by atoms with Crippen LogP contribution in [-0.2, 0) is 0 Å². The van der Waals surface area contributed by atoms with Crippen LogP contribution < -0.4 is 0 Å². The van der Waals surface area contributed by atoms with Crippen molar-refractivity contribution in [2.75, 3.05) is 14.1 Å². The van der Waals surface area contributed by atoms with Crippen LogP contribution in [0.3, 0.4) is 0 Å². The highest BCUT2D eigenvalue weighted by molar-refractivity contribution is 5.79. The van der Waals surface area contributed by atoms with E-state index >= 15 is 0 Å². The molecule has 2 rings (SSSR count). The summed E-state index contributed by atoms with van der Waals surface area (Å²) >= 11 is 0. The van der Waals surface area contributed by atoms with Gasteiger partial charge in [0.2, 0.25) is 0 Å². The molecule has 50 valence electrons. The third-order valence-electron chi connectivity index (χ3n) is 2.32. The number of nitrogens with zero attached hydrogens (tertiary/aromatic N) is 2. The van der Waals surface area contributed by atoms with Crippen LogP contribution in [0.1, 0.15) is 6.42 Å². The highest BCUT2D eigenvalue weighted by Crippen LogP contribution is 2.38. The first-order valence-electron chi connectivity index (χ1n) is 3.21. The first kappa shape index (κ1) is 5.09. The van der Waals surface area contributed by atoms with Crippen molar-refractivity contribution in [3.63, 3.8) is 0 Å². The van der Waals surface area contributed by atoms with Crippen molar-refractivity contribution in [3.8, 4) is 0 Å². The fraction of sp³-hybridized carbons (Fsp3) is 0.833. The molecule has 1 saturated carbocycles. The molecule has 3 nitrogen and oxygen atoms in total. The van der Waals surface area contributed by atoms with Crippen molar-refractivity contribution < 1.29 is 4.79 Å². The van der Waals surface area contributed by atoms with Crippen molar-refractivity contribution >= 4 is 6.03 Å². The molecule has 1 aliphatic carbocycles. The zero-order chi connectivity index (χ0) is 6.59. The van der Waals surface area contributed by atoms with Crippen LogP contribution in [0.25, 0.3) is 0 Å². The molecule has 9 heavy (non-hydrogen) atoms. The molecule has 0 aromatic heterocycles. The van der Waals surface area contributed by atoms with E-state index in [1.54, 1.807) is 0 Å². The molecule has 2 unspecified atom stereocenters. The van der Waals surface area contributed by atoms with Gasteiger partial charge in [-0.15, -0.1) is 0 Å². The van der Waals surface area contributed by atoms with Crippen molar-refractivity contribution in [1.29, 1.82) is 0 Å². The van der Waals surface area contributed by atoms with Crippen LogP contribution in [-0.4, -0.2) is 42.0 Å². The number of hydrogen-bond acceptors (Lipinski definition) is 1. The summed E-state index contributed by atoms with van der Waals surface area (Å²) in [5.74, 6) is 0. The van der Waals surface area contributed by atoms with E-state index in [0.29, 0.717) is 12.1 Å². The molecular formula is C6H10N2O. The quantitative estimate of drug-likeness (QED) is 0.452. The molecule has 3 heteroatoms. The number of fused-ring (bicyclic) bond motifs is 1. The Morgan fingerprint density at radius 3 is 2.00 bits per heavy atom. The van der Waals surface area contributed by atoms with E-state index in [9.17, 15) is 4.79 Å². The molecule has 2 amide bonds. The molecule has 2 atom stereocenters. The zero-order valence-electron chi connectivity index (χ0n) is 5.66. The lowest BCUT2D eigenvalue weighted by Gasteiger charge is -2.14. The Kier molecular flexibility index (Phi) is 0.693. The molecule has 0 aromatic carbocycles. The van der Waals surface area contributed by atoms with Crippen LogP contribution in [0.5, 0.6) is 0 Å². The van der Waals surface area contributed by atoms with Crippen molar-refractivity contribution in [3.05, 3.63) is 0 Å². The minimum Gasteiger partial charge on any atom is -0.323 e. The second kappa shape index (κ2) is 1.23. The molecule has 0 aromatic rings. The molecule has 2 aliphatic rings. The van der Waals surface area contributed by atoms with Crippen molar-refractivity contribution in [1.82, 2.24) is 9.80 Å². The van der Waals surface area contributed by atoms with E-state index < -0.39 is 0 Å². The largest absolute Gasteiger partial charge is 0.323 e. The molecule has 1 aliphatic heterocycles. The van der Waals surface area contributed by atoms with Gasteiger partial charge in [0.1, 0.15) is 0 Å². The van der Waals surface area contributed by atoms with Gasteiger partial charge in [0, 0.05) is 14.1 Å². The Hall–Kier alpha value is -0.730. The smallest absolute Gasteiger partial charge is 0.320 e. The second-order valence-corrected chi connectivity index (χ2v) is 2.87. The van der Waals surface area contributed by atoms with Crippen molar-refractivity contribution in [2.24, 2.45) is 0 Å². The maximum Gasteiger partial charge on any atom is 0.320 e. The molecule has 0 bridgehead atoms. The average molecular weight is 126 g/mol. The lowest BCUT2D eigenvalue weighted by atomic mass is 10.6. The van der Waals surface area contributed by atoms with Gasteiger partial charge in [-0.05, 0) is 6.42 Å². The van der Waals surface area contributed by atoms with Gasteiger partial charge in [-0.25, -0.2) is 4.79 Å². The Morgan fingerprint density at radius 2 is 1.78 bits per heavy atom. The van der Waals surface area contributed by atoms with Crippen LogP contribution in [0, 0.1) is 0 Å². The number of likely N-dealkylation sites (N-methyl/N-ethyl adjacent to an activating group) is 2. The van der Waals surface area contributed by atoms with Crippen LogP contribution in [0.2, 0.25) is 0 Å². The molecule has 0 radical (unpaired) electrons. The highest BCUT2D eigenvalue weighted by Gasteiger charge is 2.53. The predicted molar refractivity (Wildman–Crippen MR) is 33.1 cm³/mol. The van der Waals surface area contributed by atoms with E-state index in [0.717, 1.165) is 0 Å². The van der Waals surface area contributed by atoms with Gasteiger partial charge in [-0.1, -0.05) is 0 Å². The van der Waals surface area contributed by atoms with E-state index in [1.165, 1.54) is 6.42 Å². The van der Waals surface area contributed by atoms with Gasteiger partial charge in [0.15, 0.2) is 0 Å². The lowest BCUT2D eigenvalue weighted by Crippen LogP contribution is -2.31. The third-order valence-corrected chi connectivity index (χ3v) is 2.32. The standard InChI is InChI=1S/C6H10N2O/c1-7-4-3-5(4)8(2)6(7)9/h4-5H,3H2,1-2H3. The van der Waals surface area contributed by atoms with Gasteiger partial charge in [0.05, 0.1) is 12.1 Å². The first-order chi connectivity index (χ1) is 4.22. The number of amides is 2. The number of rotatable bonds is 0. The van der Waals surface area contributed by atoms with E-state index in [4.69, 9.17) is 0 Å². The van der Waals surface area contributed by atoms with Crippen molar-refractivity contribution in [2.45, 2.75) is 18.5 Å². The molecule has 1 saturated heterocycles. The zero-order valence-corrected chi connectivity index (χ0v) is 5.66. The molecule has 0 N–H and O–H groups in total. The summed E-state index contributed by atoms with van der Waals surface area (Å²) in [6, 6.07) is 1.27. The van der Waals surface area contributed by atoms with Gasteiger partial charge < -0.3 is 9.80 Å². The summed E-state index contributed by atoms with van der Waals surface area (Å²) in [5, 5.41) is 0. The van der Waals surface area contributed by atoms with Crippen LogP contribution in [0.15, 0.2) is 0 Å². The van der Waals surface area contributed by atoms with Gasteiger partial charge >= 0.3 is 6.03 Å². The summed E-state index contributed by atoms with van der Waals surface area (Å²) in [7, 11) is 3.74. The monoisotopic (exact) mass is 126 g/mol. The minimum atomic E-state index is 0.177. The summed E-state index contributed by atoms with van der Waals surface area (Å²) in [5.41, 5.74) is 0. The number of carbonyl (C=O) groups excluding carboxylic acids is 1. The lowest BCUT2D eigenvalue weighted by molar-refractivity contribution is 0.193. The fourth-order valence-electron chi connectivity index (χ4n) is 1.53. The molecule has 1 heterocycles. The Morgan fingerprint density at radius 1 is 1.33 bits per heavy atom. The fourth-order valence-corrected chi connectivity index (χ4v) is 1.53. The van der Waals surface area contributed by atoms with E-state index in [-0.39, 0.29) is 6.03 Å². The average Bonchev–Trinajstić information content (AvgIpc) is 2.56. The third kappa shape index (κ3) is 0.446. The van der Waals surface area contributed by atoms with Gasteiger partial charge in [0.25, 0.3) is 0 Å². The molecule has 0 spiro atoms. The normalized spacial score (nSPS) is 39.6. The summed E-state index contributed by atoms with van der Waals surface area (Å²) < 4.78 is 0. The van der Waals surface area contributed by atoms with Crippen LogP contribution >= 0.6 is 0 Å². The number of urea groups is 1. The minimum absolute atomic E-state index is 0.177. The van der Waals surface area contributed by atoms with Gasteiger partial charge in [-0.2, -0.15) is 0 Å². The number of carbonyl (C=O) groups is 1.